The molecule has 0 unspecified atom stereocenters. The van der Waals surface area contributed by atoms with Gasteiger partial charge in [-0.1, -0.05) is 42.5 Å². The number of nitro benzene ring substituents is 1. The van der Waals surface area contributed by atoms with E-state index in [4.69, 9.17) is 0 Å². The van der Waals surface area contributed by atoms with Crippen molar-refractivity contribution in [1.82, 2.24) is 0 Å². The molecular formula is C19H13NO4. The minimum atomic E-state index is -0.567. The number of hydrogen-bond acceptors (Lipinski definition) is 4. The smallest absolute Gasteiger partial charge is 0.280 e. The number of rotatable bonds is 4. The average molecular weight is 319 g/mol. The minimum Gasteiger partial charge on any atom is -0.508 e. The lowest BCUT2D eigenvalue weighted by molar-refractivity contribution is -0.385. The highest BCUT2D eigenvalue weighted by atomic mass is 16.6. The van der Waals surface area contributed by atoms with Crippen molar-refractivity contribution in [3.63, 3.8) is 0 Å². The molecular weight excluding hydrogens is 306 g/mol. The second kappa shape index (κ2) is 6.34. The molecule has 0 atom stereocenters. The zero-order chi connectivity index (χ0) is 17.1. The topological polar surface area (TPSA) is 80.4 Å². The largest absolute Gasteiger partial charge is 0.508 e. The van der Waals surface area contributed by atoms with Gasteiger partial charge in [-0.25, -0.2) is 0 Å². The molecule has 0 amide bonds. The lowest BCUT2D eigenvalue weighted by Gasteiger charge is -2.07. The van der Waals surface area contributed by atoms with Crippen molar-refractivity contribution in [3.8, 4) is 16.9 Å². The molecule has 0 heterocycles. The van der Waals surface area contributed by atoms with Crippen molar-refractivity contribution in [3.05, 3.63) is 94.0 Å². The summed E-state index contributed by atoms with van der Waals surface area (Å²) in [6.07, 6.45) is 0. The Hall–Kier alpha value is -3.47. The molecule has 0 saturated heterocycles. The van der Waals surface area contributed by atoms with Gasteiger partial charge in [-0.2, -0.15) is 0 Å². The van der Waals surface area contributed by atoms with Gasteiger partial charge in [0.1, 0.15) is 11.3 Å². The SMILES string of the molecule is O=C(c1ccccc1)c1cc(-c2cccc(O)c2)ccc1[N+](=O)[O-]. The lowest BCUT2D eigenvalue weighted by Crippen LogP contribution is -2.05. The molecule has 1 N–H and O–H groups in total. The zero-order valence-corrected chi connectivity index (χ0v) is 12.5. The van der Waals surface area contributed by atoms with Crippen LogP contribution in [-0.2, 0) is 0 Å². The van der Waals surface area contributed by atoms with E-state index in [2.05, 4.69) is 0 Å². The first-order valence-electron chi connectivity index (χ1n) is 7.24. The summed E-state index contributed by atoms with van der Waals surface area (Å²) >= 11 is 0. The third-order valence-electron chi connectivity index (χ3n) is 3.65. The predicted octanol–water partition coefficient (Wildman–Crippen LogP) is 4.20. The number of ketones is 1. The molecule has 24 heavy (non-hydrogen) atoms. The van der Waals surface area contributed by atoms with Crippen LogP contribution in [0.4, 0.5) is 5.69 Å². The number of hydrogen-bond donors (Lipinski definition) is 1. The van der Waals surface area contributed by atoms with E-state index in [0.717, 1.165) is 0 Å². The summed E-state index contributed by atoms with van der Waals surface area (Å²) in [6.45, 7) is 0. The molecule has 0 aliphatic carbocycles. The van der Waals surface area contributed by atoms with Gasteiger partial charge in [-0.3, -0.25) is 14.9 Å². The fourth-order valence-corrected chi connectivity index (χ4v) is 2.49. The number of carbonyl (C=O) groups excluding carboxylic acids is 1. The Balaban J connectivity index is 2.14. The van der Waals surface area contributed by atoms with Gasteiger partial charge in [-0.15, -0.1) is 0 Å². The van der Waals surface area contributed by atoms with Crippen molar-refractivity contribution < 1.29 is 14.8 Å². The van der Waals surface area contributed by atoms with E-state index in [0.29, 0.717) is 16.7 Å². The Morgan fingerprint density at radius 3 is 2.25 bits per heavy atom. The summed E-state index contributed by atoms with van der Waals surface area (Å²) in [4.78, 5) is 23.4. The summed E-state index contributed by atoms with van der Waals surface area (Å²) in [7, 11) is 0. The van der Waals surface area contributed by atoms with Gasteiger partial charge >= 0.3 is 0 Å². The van der Waals surface area contributed by atoms with E-state index in [9.17, 15) is 20.0 Å². The van der Waals surface area contributed by atoms with Crippen LogP contribution in [0, 0.1) is 10.1 Å². The summed E-state index contributed by atoms with van der Waals surface area (Å²) in [5.41, 5.74) is 1.45. The standard InChI is InChI=1S/C19H13NO4/c21-16-8-4-7-14(11-16)15-9-10-18(20(23)24)17(12-15)19(22)13-5-2-1-3-6-13/h1-12,21H. The number of phenols is 1. The van der Waals surface area contributed by atoms with Gasteiger partial charge in [0.25, 0.3) is 5.69 Å². The summed E-state index contributed by atoms with van der Waals surface area (Å²) in [6, 6.07) is 19.3. The molecule has 0 spiro atoms. The molecule has 3 aromatic rings. The number of nitro groups is 1. The fourth-order valence-electron chi connectivity index (χ4n) is 2.49. The Labute approximate surface area is 138 Å². The number of carbonyl (C=O) groups is 1. The fraction of sp³-hybridized carbons (Fsp3) is 0. The van der Waals surface area contributed by atoms with E-state index >= 15 is 0 Å². The van der Waals surface area contributed by atoms with Crippen LogP contribution in [0.25, 0.3) is 11.1 Å². The van der Waals surface area contributed by atoms with E-state index in [1.807, 2.05) is 0 Å². The molecule has 3 rings (SSSR count). The average Bonchev–Trinajstić information content (AvgIpc) is 2.61. The molecule has 0 bridgehead atoms. The second-order valence-corrected chi connectivity index (χ2v) is 5.23. The van der Waals surface area contributed by atoms with Crippen molar-refractivity contribution in [2.24, 2.45) is 0 Å². The van der Waals surface area contributed by atoms with Crippen molar-refractivity contribution >= 4 is 11.5 Å². The van der Waals surface area contributed by atoms with Crippen molar-refractivity contribution in [1.29, 1.82) is 0 Å². The van der Waals surface area contributed by atoms with Crippen LogP contribution in [0.5, 0.6) is 5.75 Å². The van der Waals surface area contributed by atoms with Crippen LogP contribution in [0.3, 0.4) is 0 Å². The third-order valence-corrected chi connectivity index (χ3v) is 3.65. The number of nitrogens with zero attached hydrogens (tertiary/aromatic N) is 1. The molecule has 118 valence electrons. The van der Waals surface area contributed by atoms with Crippen LogP contribution >= 0.6 is 0 Å². The van der Waals surface area contributed by atoms with E-state index < -0.39 is 10.7 Å². The van der Waals surface area contributed by atoms with Crippen LogP contribution < -0.4 is 0 Å². The maximum atomic E-state index is 12.7. The molecule has 0 saturated carbocycles. The minimum absolute atomic E-state index is 0.0204. The van der Waals surface area contributed by atoms with Crippen LogP contribution in [-0.4, -0.2) is 15.8 Å². The molecule has 0 aliphatic heterocycles. The monoisotopic (exact) mass is 319 g/mol. The van der Waals surface area contributed by atoms with Crippen LogP contribution in [0.15, 0.2) is 72.8 Å². The maximum absolute atomic E-state index is 12.7. The Morgan fingerprint density at radius 1 is 0.875 bits per heavy atom. The number of benzene rings is 3. The lowest BCUT2D eigenvalue weighted by atomic mass is 9.96. The molecule has 0 fully saturated rings. The second-order valence-electron chi connectivity index (χ2n) is 5.23. The van der Waals surface area contributed by atoms with Gasteiger partial charge < -0.3 is 5.11 Å². The Morgan fingerprint density at radius 2 is 1.58 bits per heavy atom. The van der Waals surface area contributed by atoms with Crippen molar-refractivity contribution in [2.45, 2.75) is 0 Å². The Bertz CT molecular complexity index is 920. The van der Waals surface area contributed by atoms with Crippen molar-refractivity contribution in [2.75, 3.05) is 0 Å². The first-order chi connectivity index (χ1) is 11.6. The summed E-state index contributed by atoms with van der Waals surface area (Å²) < 4.78 is 0. The highest BCUT2D eigenvalue weighted by Gasteiger charge is 2.22. The van der Waals surface area contributed by atoms with Crippen LogP contribution in [0.2, 0.25) is 0 Å². The molecule has 0 radical (unpaired) electrons. The molecule has 5 heteroatoms. The highest BCUT2D eigenvalue weighted by molar-refractivity contribution is 6.12. The van der Waals surface area contributed by atoms with E-state index in [-0.39, 0.29) is 17.0 Å². The quantitative estimate of drug-likeness (QED) is 0.444. The summed E-state index contributed by atoms with van der Waals surface area (Å²) in [5.74, 6) is -0.328. The normalized spacial score (nSPS) is 10.3. The van der Waals surface area contributed by atoms with Gasteiger partial charge in [0.15, 0.2) is 5.78 Å². The molecule has 5 nitrogen and oxygen atoms in total. The highest BCUT2D eigenvalue weighted by Crippen LogP contribution is 2.29. The third kappa shape index (κ3) is 3.01. The maximum Gasteiger partial charge on any atom is 0.280 e. The molecule has 0 aliphatic rings. The molecule has 3 aromatic carbocycles. The molecule has 0 aromatic heterocycles. The summed E-state index contributed by atoms with van der Waals surface area (Å²) in [5, 5.41) is 20.9. The van der Waals surface area contributed by atoms with Gasteiger partial charge in [0.2, 0.25) is 0 Å². The van der Waals surface area contributed by atoms with Crippen LogP contribution in [0.1, 0.15) is 15.9 Å². The Kier molecular flexibility index (Phi) is 4.07. The number of phenolic OH excluding ortho intramolecular Hbond substituents is 1. The van der Waals surface area contributed by atoms with E-state index in [1.165, 1.54) is 24.3 Å². The van der Waals surface area contributed by atoms with Gasteiger partial charge in [0.05, 0.1) is 4.92 Å². The predicted molar refractivity (Wildman–Crippen MR) is 90.1 cm³/mol. The van der Waals surface area contributed by atoms with Gasteiger partial charge in [-0.05, 0) is 35.4 Å². The zero-order valence-electron chi connectivity index (χ0n) is 12.5. The van der Waals surface area contributed by atoms with E-state index in [1.54, 1.807) is 48.5 Å². The first kappa shape index (κ1) is 15.4. The number of aromatic hydroxyl groups is 1. The first-order valence-corrected chi connectivity index (χ1v) is 7.24. The van der Waals surface area contributed by atoms with Gasteiger partial charge in [0, 0.05) is 11.6 Å².